The topological polar surface area (TPSA) is 44.7 Å². The Morgan fingerprint density at radius 1 is 1.48 bits per heavy atom. The fourth-order valence-corrected chi connectivity index (χ4v) is 2.76. The van der Waals surface area contributed by atoms with Gasteiger partial charge in [-0.3, -0.25) is 4.90 Å². The summed E-state index contributed by atoms with van der Waals surface area (Å²) in [6.07, 6.45) is 0.681. The van der Waals surface area contributed by atoms with Crippen LogP contribution in [0.3, 0.4) is 0 Å². The van der Waals surface area contributed by atoms with Crippen molar-refractivity contribution in [1.29, 1.82) is 0 Å². The number of piperazine rings is 1. The zero-order valence-corrected chi connectivity index (χ0v) is 12.7. The van der Waals surface area contributed by atoms with E-state index in [9.17, 15) is 9.50 Å². The van der Waals surface area contributed by atoms with E-state index in [0.717, 1.165) is 31.8 Å². The molecule has 1 aromatic carbocycles. The highest BCUT2D eigenvalue weighted by molar-refractivity contribution is 5.47. The number of hydrogen-bond acceptors (Lipinski definition) is 4. The summed E-state index contributed by atoms with van der Waals surface area (Å²) >= 11 is 0. The molecular weight excluding hydrogens is 271 g/mol. The van der Waals surface area contributed by atoms with Gasteiger partial charge in [-0.25, -0.2) is 4.39 Å². The van der Waals surface area contributed by atoms with Crippen molar-refractivity contribution in [3.05, 3.63) is 35.7 Å². The maximum atomic E-state index is 13.8. The maximum Gasteiger partial charge on any atom is 0.163 e. The van der Waals surface area contributed by atoms with Gasteiger partial charge < -0.3 is 15.2 Å². The lowest BCUT2D eigenvalue weighted by Crippen LogP contribution is -2.45. The van der Waals surface area contributed by atoms with Crippen molar-refractivity contribution >= 4 is 0 Å². The molecule has 4 nitrogen and oxygen atoms in total. The fourth-order valence-electron chi connectivity index (χ4n) is 2.76. The quantitative estimate of drug-likeness (QED) is 0.819. The van der Waals surface area contributed by atoms with Crippen LogP contribution in [0.1, 0.15) is 24.9 Å². The van der Waals surface area contributed by atoms with Crippen LogP contribution in [-0.4, -0.2) is 43.3 Å². The lowest BCUT2D eigenvalue weighted by atomic mass is 9.96. The number of ether oxygens (including phenoxy) is 1. The van der Waals surface area contributed by atoms with Gasteiger partial charge in [0.2, 0.25) is 0 Å². The smallest absolute Gasteiger partial charge is 0.163 e. The molecule has 0 saturated carbocycles. The van der Waals surface area contributed by atoms with Crippen LogP contribution >= 0.6 is 0 Å². The van der Waals surface area contributed by atoms with E-state index in [1.54, 1.807) is 0 Å². The van der Waals surface area contributed by atoms with E-state index in [0.29, 0.717) is 12.0 Å². The Balaban J connectivity index is 2.39. The van der Waals surface area contributed by atoms with Crippen molar-refractivity contribution in [1.82, 2.24) is 10.2 Å². The average Bonchev–Trinajstić information content (AvgIpc) is 2.47. The van der Waals surface area contributed by atoms with Gasteiger partial charge >= 0.3 is 0 Å². The second-order valence-electron chi connectivity index (χ2n) is 5.51. The predicted molar refractivity (Wildman–Crippen MR) is 81.2 cm³/mol. The zero-order valence-electron chi connectivity index (χ0n) is 12.7. The summed E-state index contributed by atoms with van der Waals surface area (Å²) in [6, 6.07) is 2.51. The number of phenols is 1. The molecular formula is C16H23FN2O2. The second-order valence-corrected chi connectivity index (χ2v) is 5.51. The summed E-state index contributed by atoms with van der Waals surface area (Å²) in [7, 11) is 1.43. The van der Waals surface area contributed by atoms with Gasteiger partial charge in [0.1, 0.15) is 5.82 Å². The van der Waals surface area contributed by atoms with Crippen molar-refractivity contribution in [2.45, 2.75) is 19.4 Å². The number of aromatic hydroxyl groups is 1. The first kappa shape index (κ1) is 15.8. The van der Waals surface area contributed by atoms with Gasteiger partial charge in [-0.1, -0.05) is 5.57 Å². The van der Waals surface area contributed by atoms with Crippen LogP contribution in [0, 0.1) is 5.82 Å². The molecule has 1 aliphatic heterocycles. The van der Waals surface area contributed by atoms with Gasteiger partial charge in [-0.15, -0.1) is 6.58 Å². The van der Waals surface area contributed by atoms with Crippen LogP contribution in [0.15, 0.2) is 24.3 Å². The van der Waals surface area contributed by atoms with Crippen molar-refractivity contribution in [2.75, 3.05) is 33.3 Å². The van der Waals surface area contributed by atoms with Gasteiger partial charge in [0.15, 0.2) is 11.5 Å². The van der Waals surface area contributed by atoms with Crippen LogP contribution in [-0.2, 0) is 0 Å². The maximum absolute atomic E-state index is 13.8. The van der Waals surface area contributed by atoms with E-state index in [2.05, 4.69) is 16.8 Å². The van der Waals surface area contributed by atoms with E-state index in [-0.39, 0.29) is 17.5 Å². The Hall–Kier alpha value is -1.59. The van der Waals surface area contributed by atoms with Crippen LogP contribution in [0.2, 0.25) is 0 Å². The number of nitrogens with one attached hydrogen (secondary N) is 1. The summed E-state index contributed by atoms with van der Waals surface area (Å²) in [6.45, 7) is 9.40. The zero-order chi connectivity index (χ0) is 15.4. The number of methoxy groups -OCH3 is 1. The van der Waals surface area contributed by atoms with E-state index < -0.39 is 5.82 Å². The molecule has 1 aromatic rings. The van der Waals surface area contributed by atoms with Gasteiger partial charge in [-0.05, 0) is 19.4 Å². The molecule has 1 heterocycles. The first-order valence-corrected chi connectivity index (χ1v) is 7.18. The molecule has 21 heavy (non-hydrogen) atoms. The highest BCUT2D eigenvalue weighted by Gasteiger charge is 2.26. The molecule has 0 radical (unpaired) electrons. The number of phenolic OH excluding ortho intramolecular Hbond substituents is 1. The molecule has 1 saturated heterocycles. The minimum absolute atomic E-state index is 0.0173. The number of rotatable bonds is 5. The number of nitrogens with zero attached hydrogens (tertiary/aromatic N) is 1. The van der Waals surface area contributed by atoms with Crippen LogP contribution in [0.5, 0.6) is 11.5 Å². The lowest BCUT2D eigenvalue weighted by molar-refractivity contribution is 0.169. The van der Waals surface area contributed by atoms with Crippen molar-refractivity contribution in [2.24, 2.45) is 0 Å². The first-order valence-electron chi connectivity index (χ1n) is 7.18. The van der Waals surface area contributed by atoms with Crippen molar-refractivity contribution < 1.29 is 14.2 Å². The molecule has 1 fully saturated rings. The Morgan fingerprint density at radius 2 is 2.14 bits per heavy atom. The van der Waals surface area contributed by atoms with Crippen LogP contribution < -0.4 is 10.1 Å². The average molecular weight is 294 g/mol. The highest BCUT2D eigenvalue weighted by atomic mass is 19.1. The third kappa shape index (κ3) is 3.74. The first-order chi connectivity index (χ1) is 10.0. The summed E-state index contributed by atoms with van der Waals surface area (Å²) < 4.78 is 18.9. The van der Waals surface area contributed by atoms with Crippen LogP contribution in [0.25, 0.3) is 0 Å². The van der Waals surface area contributed by atoms with Crippen LogP contribution in [0.4, 0.5) is 4.39 Å². The van der Waals surface area contributed by atoms with Gasteiger partial charge in [0.05, 0.1) is 7.11 Å². The second kappa shape index (κ2) is 6.91. The monoisotopic (exact) mass is 294 g/mol. The van der Waals surface area contributed by atoms with Gasteiger partial charge in [-0.2, -0.15) is 0 Å². The molecule has 0 amide bonds. The molecule has 0 aromatic heterocycles. The Labute approximate surface area is 125 Å². The standard InChI is InChI=1S/C16H23FN2O2/c1-11(2)8-14(19-6-4-18-5-7-19)13-9-12(17)10-15(21-3)16(13)20/h9-10,14,18,20H,1,4-8H2,2-3H3/t14-/m0/s1. The molecule has 2 rings (SSSR count). The summed E-state index contributed by atoms with van der Waals surface area (Å²) in [5, 5.41) is 13.7. The molecule has 0 spiro atoms. The van der Waals surface area contributed by atoms with E-state index in [1.165, 1.54) is 19.2 Å². The lowest BCUT2D eigenvalue weighted by Gasteiger charge is -2.35. The Bertz CT molecular complexity index is 513. The number of hydrogen-bond donors (Lipinski definition) is 2. The fraction of sp³-hybridized carbons (Fsp3) is 0.500. The SMILES string of the molecule is C=C(C)C[C@@H](c1cc(F)cc(OC)c1O)N1CCNCC1. The summed E-state index contributed by atoms with van der Waals surface area (Å²) in [4.78, 5) is 2.25. The molecule has 2 N–H and O–H groups in total. The Morgan fingerprint density at radius 3 is 2.71 bits per heavy atom. The molecule has 0 bridgehead atoms. The van der Waals surface area contributed by atoms with E-state index in [4.69, 9.17) is 4.74 Å². The number of benzene rings is 1. The molecule has 1 aliphatic rings. The molecule has 1 atom stereocenters. The third-order valence-corrected chi connectivity index (χ3v) is 3.78. The third-order valence-electron chi connectivity index (χ3n) is 3.78. The van der Waals surface area contributed by atoms with Crippen molar-refractivity contribution in [3.8, 4) is 11.5 Å². The van der Waals surface area contributed by atoms with E-state index in [1.807, 2.05) is 6.92 Å². The van der Waals surface area contributed by atoms with E-state index >= 15 is 0 Å². The summed E-state index contributed by atoms with van der Waals surface area (Å²) in [5.74, 6) is -0.211. The predicted octanol–water partition coefficient (Wildman–Crippen LogP) is 2.45. The Kier molecular flexibility index (Phi) is 5.20. The summed E-state index contributed by atoms with van der Waals surface area (Å²) in [5.41, 5.74) is 1.57. The van der Waals surface area contributed by atoms with Crippen molar-refractivity contribution in [3.63, 3.8) is 0 Å². The molecule has 5 heteroatoms. The van der Waals surface area contributed by atoms with Gasteiger partial charge in [0.25, 0.3) is 0 Å². The van der Waals surface area contributed by atoms with Gasteiger partial charge in [0, 0.05) is 43.9 Å². The minimum Gasteiger partial charge on any atom is -0.504 e. The molecule has 0 unspecified atom stereocenters. The minimum atomic E-state index is -0.401. The largest absolute Gasteiger partial charge is 0.504 e. The highest BCUT2D eigenvalue weighted by Crippen LogP contribution is 2.39. The molecule has 0 aliphatic carbocycles. The number of halogens is 1. The molecule has 116 valence electrons. The normalized spacial score (nSPS) is 17.5.